The van der Waals surface area contributed by atoms with Gasteiger partial charge in [-0.2, -0.15) is 17.6 Å². The van der Waals surface area contributed by atoms with Crippen molar-refractivity contribution in [3.63, 3.8) is 0 Å². The first-order chi connectivity index (χ1) is 7.98. The molecule has 0 unspecified atom stereocenters. The smallest absolute Gasteiger partial charge is 0.264 e. The Morgan fingerprint density at radius 2 is 1.82 bits per heavy atom. The van der Waals surface area contributed by atoms with Gasteiger partial charge in [0, 0.05) is 23.5 Å². The van der Waals surface area contributed by atoms with Crippen LogP contribution in [-0.4, -0.2) is 9.97 Å². The number of alkyl halides is 3. The predicted molar refractivity (Wildman–Crippen MR) is 52.4 cm³/mol. The Bertz CT molecular complexity index is 523. The summed E-state index contributed by atoms with van der Waals surface area (Å²) >= 11 is 0. The maximum absolute atomic E-state index is 13.4. The van der Waals surface area contributed by atoms with Crippen LogP contribution in [0.4, 0.5) is 17.6 Å². The lowest BCUT2D eigenvalue weighted by molar-refractivity contribution is -0.141. The molecule has 6 heteroatoms. The van der Waals surface area contributed by atoms with Crippen molar-refractivity contribution in [2.24, 2.45) is 0 Å². The highest BCUT2D eigenvalue weighted by molar-refractivity contribution is 5.61. The monoisotopic (exact) mass is 242 g/mol. The fraction of sp³-hybridized carbons (Fsp3) is 0.0909. The molecule has 2 rings (SSSR count). The molecule has 17 heavy (non-hydrogen) atoms. The summed E-state index contributed by atoms with van der Waals surface area (Å²) in [5.74, 6) is -1.16. The molecule has 2 nitrogen and oxygen atoms in total. The summed E-state index contributed by atoms with van der Waals surface area (Å²) in [5, 5.41) is 0. The molecule has 0 spiro atoms. The molecule has 0 amide bonds. The third kappa shape index (κ3) is 2.41. The normalized spacial score (nSPS) is 11.5. The van der Waals surface area contributed by atoms with Crippen molar-refractivity contribution < 1.29 is 17.6 Å². The fourth-order valence-electron chi connectivity index (χ4n) is 1.33. The van der Waals surface area contributed by atoms with Crippen molar-refractivity contribution in [3.05, 3.63) is 48.3 Å². The Labute approximate surface area is 94.0 Å². The van der Waals surface area contributed by atoms with E-state index < -0.39 is 17.8 Å². The van der Waals surface area contributed by atoms with Crippen molar-refractivity contribution in [2.45, 2.75) is 6.18 Å². The molecule has 0 fully saturated rings. The number of nitrogens with zero attached hydrogens (tertiary/aromatic N) is 2. The van der Waals surface area contributed by atoms with Gasteiger partial charge in [-0.3, -0.25) is 4.98 Å². The minimum Gasteiger partial charge on any atom is -0.264 e. The van der Waals surface area contributed by atoms with E-state index in [4.69, 9.17) is 0 Å². The van der Waals surface area contributed by atoms with Crippen LogP contribution in [0.15, 0.2) is 36.7 Å². The highest BCUT2D eigenvalue weighted by atomic mass is 19.4. The van der Waals surface area contributed by atoms with E-state index in [9.17, 15) is 17.6 Å². The average molecular weight is 242 g/mol. The van der Waals surface area contributed by atoms with Crippen molar-refractivity contribution in [3.8, 4) is 11.1 Å². The Kier molecular flexibility index (Phi) is 2.79. The second-order valence-electron chi connectivity index (χ2n) is 3.27. The van der Waals surface area contributed by atoms with Crippen LogP contribution in [0, 0.1) is 5.95 Å². The van der Waals surface area contributed by atoms with E-state index in [1.165, 1.54) is 12.4 Å². The van der Waals surface area contributed by atoms with Gasteiger partial charge in [-0.15, -0.1) is 0 Å². The highest BCUT2D eigenvalue weighted by Crippen LogP contribution is 2.30. The third-order valence-electron chi connectivity index (χ3n) is 2.11. The molecule has 2 aromatic rings. The lowest BCUT2D eigenvalue weighted by Gasteiger charge is -2.07. The van der Waals surface area contributed by atoms with Gasteiger partial charge in [0.05, 0.1) is 0 Å². The molecule has 2 aromatic heterocycles. The molecule has 88 valence electrons. The maximum atomic E-state index is 13.4. The largest absolute Gasteiger partial charge is 0.433 e. The second-order valence-corrected chi connectivity index (χ2v) is 3.27. The van der Waals surface area contributed by atoms with E-state index >= 15 is 0 Å². The molecule has 0 saturated heterocycles. The van der Waals surface area contributed by atoms with Gasteiger partial charge in [-0.25, -0.2) is 4.98 Å². The van der Waals surface area contributed by atoms with Crippen molar-refractivity contribution in [1.29, 1.82) is 0 Å². The topological polar surface area (TPSA) is 25.8 Å². The zero-order chi connectivity index (χ0) is 12.5. The summed E-state index contributed by atoms with van der Waals surface area (Å²) in [6.45, 7) is 0. The van der Waals surface area contributed by atoms with Crippen LogP contribution in [0.2, 0.25) is 0 Å². The van der Waals surface area contributed by atoms with Crippen molar-refractivity contribution in [1.82, 2.24) is 9.97 Å². The fourth-order valence-corrected chi connectivity index (χ4v) is 1.33. The van der Waals surface area contributed by atoms with Gasteiger partial charge >= 0.3 is 6.18 Å². The van der Waals surface area contributed by atoms with E-state index in [1.807, 2.05) is 0 Å². The van der Waals surface area contributed by atoms with Gasteiger partial charge in [0.25, 0.3) is 0 Å². The molecule has 2 heterocycles. The molecule has 0 aromatic carbocycles. The zero-order valence-electron chi connectivity index (χ0n) is 8.37. The second kappa shape index (κ2) is 4.12. The van der Waals surface area contributed by atoms with E-state index in [-0.39, 0.29) is 5.56 Å². The van der Waals surface area contributed by atoms with Crippen LogP contribution >= 0.6 is 0 Å². The molecule has 0 N–H and O–H groups in total. The number of pyridine rings is 2. The van der Waals surface area contributed by atoms with Crippen LogP contribution in [0.1, 0.15) is 5.69 Å². The molecule has 0 radical (unpaired) electrons. The zero-order valence-corrected chi connectivity index (χ0v) is 8.37. The first-order valence-corrected chi connectivity index (χ1v) is 4.62. The molecule has 0 bridgehead atoms. The molecular weight excluding hydrogens is 236 g/mol. The first-order valence-electron chi connectivity index (χ1n) is 4.62. The number of hydrogen-bond acceptors (Lipinski definition) is 2. The van der Waals surface area contributed by atoms with E-state index in [2.05, 4.69) is 9.97 Å². The van der Waals surface area contributed by atoms with Crippen LogP contribution in [0.5, 0.6) is 0 Å². The van der Waals surface area contributed by atoms with Gasteiger partial charge in [0.15, 0.2) is 0 Å². The summed E-state index contributed by atoms with van der Waals surface area (Å²) < 4.78 is 50.2. The predicted octanol–water partition coefficient (Wildman–Crippen LogP) is 3.30. The van der Waals surface area contributed by atoms with Crippen LogP contribution in [0.3, 0.4) is 0 Å². The molecule has 0 aliphatic rings. The van der Waals surface area contributed by atoms with Crippen LogP contribution < -0.4 is 0 Å². The number of aromatic nitrogens is 2. The Balaban J connectivity index is 2.46. The Morgan fingerprint density at radius 1 is 1.06 bits per heavy atom. The lowest BCUT2D eigenvalue weighted by atomic mass is 10.1. The summed E-state index contributed by atoms with van der Waals surface area (Å²) in [5.41, 5.74) is -0.875. The third-order valence-corrected chi connectivity index (χ3v) is 2.11. The van der Waals surface area contributed by atoms with Gasteiger partial charge in [-0.05, 0) is 18.2 Å². The van der Waals surface area contributed by atoms with Gasteiger partial charge in [0.1, 0.15) is 5.69 Å². The average Bonchev–Trinajstić information content (AvgIpc) is 2.29. The maximum Gasteiger partial charge on any atom is 0.433 e. The van der Waals surface area contributed by atoms with Crippen molar-refractivity contribution in [2.75, 3.05) is 0 Å². The minimum atomic E-state index is -4.64. The van der Waals surface area contributed by atoms with Gasteiger partial charge in [-0.1, -0.05) is 6.07 Å². The molecule has 0 saturated carbocycles. The summed E-state index contributed by atoms with van der Waals surface area (Å²) in [7, 11) is 0. The SMILES string of the molecule is Fc1nc(C(F)(F)F)ccc1-c1cccnc1. The number of hydrogen-bond donors (Lipinski definition) is 0. The van der Waals surface area contributed by atoms with Crippen LogP contribution in [-0.2, 0) is 6.18 Å². The van der Waals surface area contributed by atoms with E-state index in [1.54, 1.807) is 12.1 Å². The molecular formula is C11H6F4N2. The van der Waals surface area contributed by atoms with E-state index in [0.717, 1.165) is 12.1 Å². The summed E-state index contributed by atoms with van der Waals surface area (Å²) in [6.07, 6.45) is -1.80. The quantitative estimate of drug-likeness (QED) is 0.566. The van der Waals surface area contributed by atoms with E-state index in [0.29, 0.717) is 5.56 Å². The number of rotatable bonds is 1. The Hall–Kier alpha value is -1.98. The lowest BCUT2D eigenvalue weighted by Crippen LogP contribution is -2.09. The van der Waals surface area contributed by atoms with Gasteiger partial charge < -0.3 is 0 Å². The Morgan fingerprint density at radius 3 is 2.35 bits per heavy atom. The van der Waals surface area contributed by atoms with Crippen molar-refractivity contribution >= 4 is 0 Å². The number of halogens is 4. The molecule has 0 aliphatic heterocycles. The minimum absolute atomic E-state index is 0.00824. The summed E-state index contributed by atoms with van der Waals surface area (Å²) in [4.78, 5) is 6.66. The standard InChI is InChI=1S/C11H6F4N2/c12-10-8(7-2-1-5-16-6-7)3-4-9(17-10)11(13,14)15/h1-6H. The summed E-state index contributed by atoms with van der Waals surface area (Å²) in [6, 6.07) is 4.89. The highest BCUT2D eigenvalue weighted by Gasteiger charge is 2.33. The first kappa shape index (κ1) is 11.5. The molecule has 0 atom stereocenters. The van der Waals surface area contributed by atoms with Crippen LogP contribution in [0.25, 0.3) is 11.1 Å². The molecule has 0 aliphatic carbocycles. The van der Waals surface area contributed by atoms with Gasteiger partial charge in [0.2, 0.25) is 5.95 Å².